The quantitative estimate of drug-likeness (QED) is 0.328. The Morgan fingerprint density at radius 2 is 2.05 bits per heavy atom. The summed E-state index contributed by atoms with van der Waals surface area (Å²) in [5, 5.41) is 1.02. The molecular formula is C29H27FN4O3. The second-order valence-corrected chi connectivity index (χ2v) is 9.20. The SMILES string of the molecule is COC(=O)COc1cc(Cc2nc(-c3ccc4ncccc4c3)c(C3=CC(C)CC(C)=N3)[nH]2)ccc1F. The highest BCUT2D eigenvalue weighted by Crippen LogP contribution is 2.33. The molecule has 5 rings (SSSR count). The van der Waals surface area contributed by atoms with E-state index >= 15 is 0 Å². The molecule has 0 saturated carbocycles. The van der Waals surface area contributed by atoms with Gasteiger partial charge < -0.3 is 14.5 Å². The highest BCUT2D eigenvalue weighted by atomic mass is 19.1. The fourth-order valence-corrected chi connectivity index (χ4v) is 4.50. The molecule has 2 aromatic heterocycles. The Bertz CT molecular complexity index is 1540. The number of hydrogen-bond donors (Lipinski definition) is 1. The Hall–Kier alpha value is -4.33. The van der Waals surface area contributed by atoms with Crippen LogP contribution in [0.3, 0.4) is 0 Å². The summed E-state index contributed by atoms with van der Waals surface area (Å²) in [6, 6.07) is 14.6. The summed E-state index contributed by atoms with van der Waals surface area (Å²) in [6.45, 7) is 3.84. The molecule has 1 aliphatic rings. The number of ether oxygens (including phenoxy) is 2. The van der Waals surface area contributed by atoms with Gasteiger partial charge in [-0.05, 0) is 55.2 Å². The number of imidazole rings is 1. The number of rotatable bonds is 7. The van der Waals surface area contributed by atoms with Gasteiger partial charge in [0.1, 0.15) is 5.82 Å². The summed E-state index contributed by atoms with van der Waals surface area (Å²) >= 11 is 0. The topological polar surface area (TPSA) is 89.5 Å². The maximum atomic E-state index is 14.3. The summed E-state index contributed by atoms with van der Waals surface area (Å²) in [4.78, 5) is 29.1. The molecule has 7 nitrogen and oxygen atoms in total. The summed E-state index contributed by atoms with van der Waals surface area (Å²) in [5.41, 5.74) is 6.20. The Morgan fingerprint density at radius 3 is 2.86 bits per heavy atom. The fourth-order valence-electron chi connectivity index (χ4n) is 4.50. The lowest BCUT2D eigenvalue weighted by atomic mass is 9.98. The standard InChI is InChI=1S/C29H27FN4O3/c1-17-11-18(2)32-24(12-17)29-28(21-7-9-23-20(15-21)5-4-10-31-23)33-26(34-29)14-19-6-8-22(30)25(13-19)37-16-27(35)36-3/h4-10,12-13,15,17H,11,14,16H2,1-3H3,(H,33,34). The first kappa shape index (κ1) is 24.4. The number of H-pyrrole nitrogens is 1. The molecule has 0 spiro atoms. The number of carbonyl (C=O) groups excluding carboxylic acids is 1. The summed E-state index contributed by atoms with van der Waals surface area (Å²) in [7, 11) is 1.25. The second-order valence-electron chi connectivity index (χ2n) is 9.20. The van der Waals surface area contributed by atoms with E-state index in [0.717, 1.165) is 51.2 Å². The minimum absolute atomic E-state index is 0.0130. The average molecular weight is 499 g/mol. The zero-order chi connectivity index (χ0) is 25.9. The van der Waals surface area contributed by atoms with Crippen LogP contribution in [0.25, 0.3) is 27.9 Å². The van der Waals surface area contributed by atoms with Gasteiger partial charge in [-0.15, -0.1) is 0 Å². The molecule has 0 radical (unpaired) electrons. The molecule has 0 fully saturated rings. The minimum Gasteiger partial charge on any atom is -0.479 e. The summed E-state index contributed by atoms with van der Waals surface area (Å²) in [5.74, 6) is -0.0831. The first-order chi connectivity index (χ1) is 17.9. The maximum absolute atomic E-state index is 14.3. The molecule has 0 amide bonds. The van der Waals surface area contributed by atoms with E-state index in [1.165, 1.54) is 13.2 Å². The molecule has 1 aliphatic heterocycles. The van der Waals surface area contributed by atoms with Crippen LogP contribution in [-0.2, 0) is 16.0 Å². The van der Waals surface area contributed by atoms with E-state index in [9.17, 15) is 9.18 Å². The van der Waals surface area contributed by atoms with E-state index < -0.39 is 11.8 Å². The number of nitrogens with zero attached hydrogens (tertiary/aromatic N) is 3. The number of aromatic amines is 1. The smallest absolute Gasteiger partial charge is 0.343 e. The molecule has 188 valence electrons. The zero-order valence-electron chi connectivity index (χ0n) is 20.9. The highest BCUT2D eigenvalue weighted by molar-refractivity contribution is 5.92. The number of benzene rings is 2. The summed E-state index contributed by atoms with van der Waals surface area (Å²) in [6.07, 6.45) is 5.26. The third kappa shape index (κ3) is 5.43. The molecule has 0 aliphatic carbocycles. The van der Waals surface area contributed by atoms with E-state index in [1.54, 1.807) is 18.3 Å². The van der Waals surface area contributed by atoms with Crippen LogP contribution in [0.1, 0.15) is 37.4 Å². The van der Waals surface area contributed by atoms with Crippen LogP contribution in [0.15, 0.2) is 65.8 Å². The van der Waals surface area contributed by atoms with Crippen molar-refractivity contribution in [3.05, 3.63) is 83.7 Å². The first-order valence-electron chi connectivity index (χ1n) is 12.1. The number of halogens is 1. The normalized spacial score (nSPS) is 15.3. The number of nitrogens with one attached hydrogen (secondary N) is 1. The Kier molecular flexibility index (Phi) is 6.81. The average Bonchev–Trinajstić information content (AvgIpc) is 3.31. The van der Waals surface area contributed by atoms with Gasteiger partial charge in [-0.3, -0.25) is 9.98 Å². The largest absolute Gasteiger partial charge is 0.479 e. The van der Waals surface area contributed by atoms with Crippen molar-refractivity contribution in [2.45, 2.75) is 26.7 Å². The van der Waals surface area contributed by atoms with E-state index in [4.69, 9.17) is 14.7 Å². The maximum Gasteiger partial charge on any atom is 0.343 e. The molecule has 2 aromatic carbocycles. The van der Waals surface area contributed by atoms with Crippen LogP contribution in [0.5, 0.6) is 5.75 Å². The Labute approximate surface area is 214 Å². The number of aliphatic imine (C=N–C) groups is 1. The molecule has 1 atom stereocenters. The fraction of sp³-hybridized carbons (Fsp3) is 0.241. The van der Waals surface area contributed by atoms with Crippen molar-refractivity contribution in [1.82, 2.24) is 15.0 Å². The molecule has 8 heteroatoms. The first-order valence-corrected chi connectivity index (χ1v) is 12.1. The number of aromatic nitrogens is 3. The second kappa shape index (κ2) is 10.3. The van der Waals surface area contributed by atoms with Crippen molar-refractivity contribution in [2.75, 3.05) is 13.7 Å². The molecule has 4 aromatic rings. The molecular weight excluding hydrogens is 471 g/mol. The van der Waals surface area contributed by atoms with E-state index in [0.29, 0.717) is 18.2 Å². The van der Waals surface area contributed by atoms with Gasteiger partial charge in [0, 0.05) is 29.3 Å². The van der Waals surface area contributed by atoms with Gasteiger partial charge in [-0.25, -0.2) is 14.2 Å². The zero-order valence-corrected chi connectivity index (χ0v) is 20.9. The lowest BCUT2D eigenvalue weighted by molar-refractivity contribution is -0.142. The molecule has 0 saturated heterocycles. The third-order valence-corrected chi connectivity index (χ3v) is 6.20. The van der Waals surface area contributed by atoms with Crippen LogP contribution in [-0.4, -0.2) is 40.3 Å². The van der Waals surface area contributed by atoms with Crippen LogP contribution >= 0.6 is 0 Å². The molecule has 0 bridgehead atoms. The van der Waals surface area contributed by atoms with Crippen molar-refractivity contribution in [2.24, 2.45) is 10.9 Å². The third-order valence-electron chi connectivity index (χ3n) is 6.20. The van der Waals surface area contributed by atoms with Gasteiger partial charge in [0.2, 0.25) is 0 Å². The number of esters is 1. The van der Waals surface area contributed by atoms with Crippen LogP contribution < -0.4 is 4.74 Å². The monoisotopic (exact) mass is 498 g/mol. The van der Waals surface area contributed by atoms with Gasteiger partial charge >= 0.3 is 5.97 Å². The number of pyridine rings is 1. The number of carbonyl (C=O) groups is 1. The van der Waals surface area contributed by atoms with E-state index in [2.05, 4.69) is 33.8 Å². The van der Waals surface area contributed by atoms with Crippen molar-refractivity contribution in [3.8, 4) is 17.0 Å². The van der Waals surface area contributed by atoms with Crippen molar-refractivity contribution in [3.63, 3.8) is 0 Å². The molecule has 3 heterocycles. The predicted molar refractivity (Wildman–Crippen MR) is 141 cm³/mol. The van der Waals surface area contributed by atoms with E-state index in [-0.39, 0.29) is 12.4 Å². The molecule has 1 N–H and O–H groups in total. The van der Waals surface area contributed by atoms with Gasteiger partial charge in [0.05, 0.1) is 29.7 Å². The Balaban J connectivity index is 1.53. The molecule has 1 unspecified atom stereocenters. The van der Waals surface area contributed by atoms with Crippen molar-refractivity contribution >= 4 is 28.3 Å². The van der Waals surface area contributed by atoms with Crippen molar-refractivity contribution in [1.29, 1.82) is 0 Å². The van der Waals surface area contributed by atoms with Crippen LogP contribution in [0, 0.1) is 11.7 Å². The minimum atomic E-state index is -0.582. The van der Waals surface area contributed by atoms with Crippen molar-refractivity contribution < 1.29 is 18.7 Å². The number of methoxy groups -OCH3 is 1. The van der Waals surface area contributed by atoms with Gasteiger partial charge in [0.25, 0.3) is 0 Å². The highest BCUT2D eigenvalue weighted by Gasteiger charge is 2.20. The van der Waals surface area contributed by atoms with Crippen LogP contribution in [0.4, 0.5) is 4.39 Å². The molecule has 37 heavy (non-hydrogen) atoms. The summed E-state index contributed by atoms with van der Waals surface area (Å²) < 4.78 is 24.2. The van der Waals surface area contributed by atoms with Gasteiger partial charge in [-0.2, -0.15) is 0 Å². The Morgan fingerprint density at radius 1 is 1.19 bits per heavy atom. The van der Waals surface area contributed by atoms with E-state index in [1.807, 2.05) is 31.2 Å². The lowest BCUT2D eigenvalue weighted by Crippen LogP contribution is -2.13. The predicted octanol–water partition coefficient (Wildman–Crippen LogP) is 5.75. The van der Waals surface area contributed by atoms with Gasteiger partial charge in [-0.1, -0.05) is 31.2 Å². The van der Waals surface area contributed by atoms with Crippen LogP contribution in [0.2, 0.25) is 0 Å². The number of allylic oxidation sites excluding steroid dienone is 1. The lowest BCUT2D eigenvalue weighted by Gasteiger charge is -2.15. The van der Waals surface area contributed by atoms with Gasteiger partial charge in [0.15, 0.2) is 18.2 Å². The number of hydrogen-bond acceptors (Lipinski definition) is 6. The number of fused-ring (bicyclic) bond motifs is 1.